The third-order valence-electron chi connectivity index (χ3n) is 4.60. The maximum absolute atomic E-state index is 12.9. The Balaban J connectivity index is 1.83. The van der Waals surface area contributed by atoms with Crippen molar-refractivity contribution in [3.63, 3.8) is 0 Å². The average Bonchev–Trinajstić information content (AvgIpc) is 3.32. The van der Waals surface area contributed by atoms with Crippen LogP contribution in [0.25, 0.3) is 6.08 Å². The van der Waals surface area contributed by atoms with Gasteiger partial charge in [0.05, 0.1) is 17.7 Å². The topological polar surface area (TPSA) is 66.8 Å². The molecule has 0 saturated heterocycles. The molecule has 0 bridgehead atoms. The van der Waals surface area contributed by atoms with Crippen LogP contribution in [0, 0.1) is 0 Å². The van der Waals surface area contributed by atoms with E-state index in [1.165, 1.54) is 17.4 Å². The lowest BCUT2D eigenvalue weighted by molar-refractivity contribution is -0.129. The normalized spacial score (nSPS) is 17.1. The van der Waals surface area contributed by atoms with Crippen molar-refractivity contribution in [3.8, 4) is 0 Å². The summed E-state index contributed by atoms with van der Waals surface area (Å²) in [6.07, 6.45) is 3.85. The molecule has 6 heteroatoms. The lowest BCUT2D eigenvalue weighted by Crippen LogP contribution is -2.32. The number of rotatable bonds is 9. The number of carbonyl (C=O) groups excluding carboxylic acids is 2. The second kappa shape index (κ2) is 9.67. The van der Waals surface area contributed by atoms with Crippen LogP contribution in [0.2, 0.25) is 0 Å². The van der Waals surface area contributed by atoms with Crippen molar-refractivity contribution in [2.45, 2.75) is 32.4 Å². The van der Waals surface area contributed by atoms with Gasteiger partial charge in [-0.25, -0.2) is 0 Å². The molecule has 0 radical (unpaired) electrons. The number of aliphatic hydroxyl groups is 1. The van der Waals surface area contributed by atoms with Crippen molar-refractivity contribution >= 4 is 29.1 Å². The van der Waals surface area contributed by atoms with E-state index in [0.717, 1.165) is 10.4 Å². The van der Waals surface area contributed by atoms with E-state index in [9.17, 15) is 14.7 Å². The number of amides is 1. The van der Waals surface area contributed by atoms with Gasteiger partial charge in [-0.1, -0.05) is 42.5 Å². The third-order valence-corrected chi connectivity index (χ3v) is 5.53. The lowest BCUT2D eigenvalue weighted by atomic mass is 10.0. The summed E-state index contributed by atoms with van der Waals surface area (Å²) < 4.78 is 5.56. The molecule has 1 atom stereocenters. The van der Waals surface area contributed by atoms with E-state index in [1.54, 1.807) is 11.0 Å². The van der Waals surface area contributed by atoms with Crippen LogP contribution in [0.5, 0.6) is 0 Å². The molecular weight excluding hydrogens is 386 g/mol. The Hall–Kier alpha value is -2.70. The van der Waals surface area contributed by atoms with Gasteiger partial charge in [0, 0.05) is 18.0 Å². The predicted molar refractivity (Wildman–Crippen MR) is 115 cm³/mol. The van der Waals surface area contributed by atoms with E-state index >= 15 is 0 Å². The molecule has 2 heterocycles. The van der Waals surface area contributed by atoms with Crippen LogP contribution in [-0.4, -0.2) is 41.0 Å². The lowest BCUT2D eigenvalue weighted by Gasteiger charge is -2.25. The van der Waals surface area contributed by atoms with Crippen molar-refractivity contribution in [3.05, 3.63) is 75.7 Å². The van der Waals surface area contributed by atoms with Gasteiger partial charge in [-0.05, 0) is 43.4 Å². The van der Waals surface area contributed by atoms with E-state index in [-0.39, 0.29) is 17.5 Å². The van der Waals surface area contributed by atoms with Crippen LogP contribution < -0.4 is 0 Å². The number of benzene rings is 1. The highest BCUT2D eigenvalue weighted by molar-refractivity contribution is 7.10. The molecule has 0 aliphatic carbocycles. The highest BCUT2D eigenvalue weighted by Gasteiger charge is 2.43. The summed E-state index contributed by atoms with van der Waals surface area (Å²) in [5.41, 5.74) is 1.01. The number of carbonyl (C=O) groups is 2. The number of nitrogens with zero attached hydrogens (tertiary/aromatic N) is 1. The molecule has 1 aromatic heterocycles. The molecule has 1 aliphatic heterocycles. The molecule has 152 valence electrons. The highest BCUT2D eigenvalue weighted by atomic mass is 32.1. The standard InChI is InChI=1S/C23H25NO4S/c1-16(2)28-14-7-13-24-21(19-10-6-15-29-19)20(22(26)23(24)27)18(25)12-11-17-8-4-3-5-9-17/h3-6,8-12,15-16,21,26H,7,13-14H2,1-2H3/b12-11+/t21-/m1/s1. The summed E-state index contributed by atoms with van der Waals surface area (Å²) >= 11 is 1.46. The molecule has 1 N–H and O–H groups in total. The van der Waals surface area contributed by atoms with E-state index in [0.29, 0.717) is 19.6 Å². The van der Waals surface area contributed by atoms with E-state index in [1.807, 2.05) is 61.7 Å². The number of aliphatic hydroxyl groups excluding tert-OH is 1. The first-order valence-corrected chi connectivity index (χ1v) is 10.5. The predicted octanol–water partition coefficient (Wildman–Crippen LogP) is 4.54. The second-order valence-electron chi connectivity index (χ2n) is 7.06. The van der Waals surface area contributed by atoms with Crippen molar-refractivity contribution in [2.75, 3.05) is 13.2 Å². The largest absolute Gasteiger partial charge is 0.503 e. The SMILES string of the molecule is CC(C)OCCCN1C(=O)C(O)=C(C(=O)/C=C/c2ccccc2)[C@H]1c1cccs1. The molecular formula is C23H25NO4S. The summed E-state index contributed by atoms with van der Waals surface area (Å²) in [6.45, 7) is 4.82. The zero-order valence-corrected chi connectivity index (χ0v) is 17.4. The number of hydrogen-bond acceptors (Lipinski definition) is 5. The third kappa shape index (κ3) is 5.02. The highest BCUT2D eigenvalue weighted by Crippen LogP contribution is 2.39. The first kappa shape index (κ1) is 21.0. The Kier molecular flexibility index (Phi) is 7.01. The molecule has 29 heavy (non-hydrogen) atoms. The monoisotopic (exact) mass is 411 g/mol. The van der Waals surface area contributed by atoms with Crippen molar-refractivity contribution in [1.29, 1.82) is 0 Å². The van der Waals surface area contributed by atoms with Crippen LogP contribution in [0.4, 0.5) is 0 Å². The van der Waals surface area contributed by atoms with Crippen LogP contribution in [0.15, 0.2) is 65.3 Å². The van der Waals surface area contributed by atoms with Gasteiger partial charge in [-0.3, -0.25) is 9.59 Å². The number of thiophene rings is 1. The summed E-state index contributed by atoms with van der Waals surface area (Å²) in [6, 6.07) is 12.6. The molecule has 5 nitrogen and oxygen atoms in total. The molecule has 2 aromatic rings. The first-order chi connectivity index (χ1) is 14.0. The van der Waals surface area contributed by atoms with E-state index < -0.39 is 17.7 Å². The van der Waals surface area contributed by atoms with Crippen LogP contribution in [0.3, 0.4) is 0 Å². The molecule has 0 saturated carbocycles. The molecule has 3 rings (SSSR count). The minimum absolute atomic E-state index is 0.115. The van der Waals surface area contributed by atoms with Gasteiger partial charge in [-0.2, -0.15) is 0 Å². The van der Waals surface area contributed by atoms with Gasteiger partial charge in [-0.15, -0.1) is 11.3 Å². The Morgan fingerprint density at radius 1 is 1.24 bits per heavy atom. The minimum Gasteiger partial charge on any atom is -0.503 e. The Morgan fingerprint density at radius 2 is 2.00 bits per heavy atom. The molecule has 1 aliphatic rings. The fourth-order valence-corrected chi connectivity index (χ4v) is 4.10. The van der Waals surface area contributed by atoms with Gasteiger partial charge in [0.2, 0.25) is 0 Å². The van der Waals surface area contributed by atoms with Crippen molar-refractivity contribution in [1.82, 2.24) is 4.90 Å². The van der Waals surface area contributed by atoms with Gasteiger partial charge in [0.15, 0.2) is 11.5 Å². The smallest absolute Gasteiger partial charge is 0.290 e. The fraction of sp³-hybridized carbons (Fsp3) is 0.304. The zero-order valence-electron chi connectivity index (χ0n) is 16.6. The minimum atomic E-state index is -0.575. The van der Waals surface area contributed by atoms with Crippen LogP contribution in [-0.2, 0) is 14.3 Å². The fourth-order valence-electron chi connectivity index (χ4n) is 3.26. The summed E-state index contributed by atoms with van der Waals surface area (Å²) in [5, 5.41) is 12.4. The number of ketones is 1. The summed E-state index contributed by atoms with van der Waals surface area (Å²) in [5.74, 6) is -1.33. The quantitative estimate of drug-likeness (QED) is 0.486. The average molecular weight is 412 g/mol. The van der Waals surface area contributed by atoms with Crippen molar-refractivity contribution < 1.29 is 19.4 Å². The molecule has 0 spiro atoms. The first-order valence-electron chi connectivity index (χ1n) is 9.65. The van der Waals surface area contributed by atoms with Gasteiger partial charge in [0.1, 0.15) is 0 Å². The zero-order chi connectivity index (χ0) is 20.8. The second-order valence-corrected chi connectivity index (χ2v) is 8.04. The van der Waals surface area contributed by atoms with Gasteiger partial charge < -0.3 is 14.7 Å². The van der Waals surface area contributed by atoms with E-state index in [4.69, 9.17) is 4.74 Å². The maximum Gasteiger partial charge on any atom is 0.290 e. The summed E-state index contributed by atoms with van der Waals surface area (Å²) in [7, 11) is 0. The molecule has 1 amide bonds. The maximum atomic E-state index is 12.9. The van der Waals surface area contributed by atoms with Crippen molar-refractivity contribution in [2.24, 2.45) is 0 Å². The number of hydrogen-bond donors (Lipinski definition) is 1. The summed E-state index contributed by atoms with van der Waals surface area (Å²) in [4.78, 5) is 28.1. The molecule has 1 aromatic carbocycles. The Bertz CT molecular complexity index is 900. The van der Waals surface area contributed by atoms with Crippen LogP contribution in [0.1, 0.15) is 36.8 Å². The molecule has 0 fully saturated rings. The number of allylic oxidation sites excluding steroid dienone is 1. The number of ether oxygens (including phenoxy) is 1. The Morgan fingerprint density at radius 3 is 2.66 bits per heavy atom. The van der Waals surface area contributed by atoms with Gasteiger partial charge in [0.25, 0.3) is 5.91 Å². The van der Waals surface area contributed by atoms with E-state index in [2.05, 4.69) is 0 Å². The van der Waals surface area contributed by atoms with Gasteiger partial charge >= 0.3 is 0 Å². The molecule has 0 unspecified atom stereocenters. The Labute approximate surface area is 174 Å². The van der Waals surface area contributed by atoms with Crippen LogP contribution >= 0.6 is 11.3 Å².